The number of para-hydroxylation sites is 2. The Morgan fingerprint density at radius 2 is 0.915 bits per heavy atom. The Bertz CT molecular complexity index is 3750. The molecule has 2 aliphatic heterocycles. The van der Waals surface area contributed by atoms with Gasteiger partial charge in [-0.15, -0.1) is 11.3 Å². The first-order valence-corrected chi connectivity index (χ1v) is 29.6. The summed E-state index contributed by atoms with van der Waals surface area (Å²) in [6.07, 6.45) is 5.09. The lowest BCUT2D eigenvalue weighted by atomic mass is 10.2. The average molecular weight is 1140 g/mol. The fourth-order valence-corrected chi connectivity index (χ4v) is 11.5. The minimum Gasteiger partial charge on any atom is -0.457 e. The van der Waals surface area contributed by atoms with E-state index < -0.39 is 0 Å². The van der Waals surface area contributed by atoms with Gasteiger partial charge in [-0.05, 0) is 129 Å². The van der Waals surface area contributed by atoms with Crippen LogP contribution in [0.25, 0.3) is 20.7 Å². The van der Waals surface area contributed by atoms with Crippen LogP contribution in [0, 0.1) is 22.7 Å². The monoisotopic (exact) mass is 1140 g/mol. The number of thiazole rings is 2. The second-order valence-electron chi connectivity index (χ2n) is 19.7. The van der Waals surface area contributed by atoms with E-state index in [2.05, 4.69) is 118 Å². The number of anilines is 7. The molecule has 2 saturated heterocycles. The summed E-state index contributed by atoms with van der Waals surface area (Å²) >= 11 is 4.56. The van der Waals surface area contributed by atoms with E-state index >= 15 is 0 Å². The number of piperazine rings is 2. The van der Waals surface area contributed by atoms with Crippen LogP contribution in [0.5, 0.6) is 23.0 Å². The van der Waals surface area contributed by atoms with Crippen LogP contribution in [0.2, 0.25) is 0 Å². The van der Waals surface area contributed by atoms with Crippen molar-refractivity contribution in [2.24, 2.45) is 0 Å². The number of rotatable bonds is 15. The number of benzene rings is 6. The maximum atomic E-state index is 9.78. The zero-order valence-electron chi connectivity index (χ0n) is 45.8. The SMILES string of the molecule is CN1CCN(Cc2ccc(N)cc2)CC1.CN1CCN(Cc2ccc(Nc3nc4ncc(C#N)c(Nc5ccc(Oc6ccccc6)cc5)c4s3)cc2)CC1.CSc1nc2ncc(C#N)c(Nc3ccc(Oc4ccccc4)cc3)c2s1. The topological polar surface area (TPSA) is 193 Å². The smallest absolute Gasteiger partial charge is 0.189 e. The van der Waals surface area contributed by atoms with Crippen molar-refractivity contribution in [3.63, 3.8) is 0 Å². The van der Waals surface area contributed by atoms with E-state index in [0.29, 0.717) is 28.1 Å². The number of aromatic nitrogens is 4. The molecule has 2 fully saturated rings. The van der Waals surface area contributed by atoms with Gasteiger partial charge < -0.3 is 41.0 Å². The molecule has 6 aromatic carbocycles. The number of pyridine rings is 2. The second kappa shape index (κ2) is 27.7. The number of fused-ring (bicyclic) bond motifs is 2. The van der Waals surface area contributed by atoms with Gasteiger partial charge in [0.15, 0.2) is 20.8 Å². The Hall–Kier alpha value is -8.63. The first-order valence-electron chi connectivity index (χ1n) is 26.8. The van der Waals surface area contributed by atoms with Crippen LogP contribution in [0.3, 0.4) is 0 Å². The average Bonchev–Trinajstić information content (AvgIpc) is 4.25. The highest BCUT2D eigenvalue weighted by Gasteiger charge is 2.18. The van der Waals surface area contributed by atoms with Crippen LogP contribution in [-0.4, -0.2) is 112 Å². The van der Waals surface area contributed by atoms with E-state index in [-0.39, 0.29) is 0 Å². The van der Waals surface area contributed by atoms with Crippen molar-refractivity contribution < 1.29 is 9.47 Å². The van der Waals surface area contributed by atoms with Crippen molar-refractivity contribution in [3.8, 4) is 35.1 Å². The van der Waals surface area contributed by atoms with Gasteiger partial charge in [0.05, 0.1) is 27.2 Å². The van der Waals surface area contributed by atoms with Gasteiger partial charge in [0.1, 0.15) is 39.8 Å². The summed E-state index contributed by atoms with van der Waals surface area (Å²) in [6.45, 7) is 11.1. The summed E-state index contributed by atoms with van der Waals surface area (Å²) in [6, 6.07) is 55.7. The third-order valence-electron chi connectivity index (χ3n) is 13.6. The molecule has 0 amide bonds. The van der Waals surface area contributed by atoms with E-state index in [0.717, 1.165) is 110 Å². The summed E-state index contributed by atoms with van der Waals surface area (Å²) in [5.74, 6) is 3.04. The fourth-order valence-electron chi connectivity index (χ4n) is 9.01. The highest BCUT2D eigenvalue weighted by Crippen LogP contribution is 2.38. The Balaban J connectivity index is 0.000000154. The molecule has 5 N–H and O–H groups in total. The molecule has 0 atom stereocenters. The number of ether oxygens (including phenoxy) is 2. The van der Waals surface area contributed by atoms with Crippen molar-refractivity contribution in [1.82, 2.24) is 39.5 Å². The predicted octanol–water partition coefficient (Wildman–Crippen LogP) is 13.4. The van der Waals surface area contributed by atoms with Crippen molar-refractivity contribution >= 4 is 94.4 Å². The summed E-state index contributed by atoms with van der Waals surface area (Å²) in [5, 5.41) is 30.1. The molecule has 2 aliphatic rings. The molecule has 0 bridgehead atoms. The minimum absolute atomic E-state index is 0.459. The number of nitrogens with one attached hydrogen (secondary N) is 3. The van der Waals surface area contributed by atoms with Crippen molar-refractivity contribution in [2.45, 2.75) is 17.4 Å². The summed E-state index contributed by atoms with van der Waals surface area (Å²) in [5.41, 5.74) is 15.4. The molecule has 19 heteroatoms. The molecule has 16 nitrogen and oxygen atoms in total. The van der Waals surface area contributed by atoms with Gasteiger partial charge in [-0.3, -0.25) is 9.80 Å². The van der Waals surface area contributed by atoms with Gasteiger partial charge >= 0.3 is 0 Å². The van der Waals surface area contributed by atoms with E-state index in [1.165, 1.54) is 60.0 Å². The van der Waals surface area contributed by atoms with Gasteiger partial charge in [-0.2, -0.15) is 15.5 Å². The number of nitriles is 2. The molecular formula is C63H62N14O2S3. The van der Waals surface area contributed by atoms with Crippen LogP contribution in [0.15, 0.2) is 174 Å². The Labute approximate surface area is 490 Å². The van der Waals surface area contributed by atoms with E-state index in [1.807, 2.05) is 128 Å². The third kappa shape index (κ3) is 15.4. The van der Waals surface area contributed by atoms with Crippen LogP contribution in [-0.2, 0) is 13.1 Å². The summed E-state index contributed by atoms with van der Waals surface area (Å²) in [4.78, 5) is 27.6. The predicted molar refractivity (Wildman–Crippen MR) is 335 cm³/mol. The molecule has 10 aromatic rings. The summed E-state index contributed by atoms with van der Waals surface area (Å²) in [7, 11) is 4.36. The molecule has 0 saturated carbocycles. The number of nitrogen functional groups attached to an aromatic ring is 1. The third-order valence-corrected chi connectivity index (χ3v) is 16.7. The lowest BCUT2D eigenvalue weighted by Crippen LogP contribution is -2.43. The maximum absolute atomic E-state index is 9.78. The standard InChI is InChI=1S/C31H29N7OS.C20H14N4OS2.C12H19N3/c1-37-15-17-38(18-16-37)21-22-7-9-25(10-8-22)35-31-36-30-29(40-31)28(23(19-32)20-33-30)34-24-11-13-27(14-12-24)39-26-5-3-2-4-6-26;1-26-20-24-19-18(27-20)17(13(11-21)12-22-19)23-14-7-9-16(10-8-14)25-15-5-3-2-4-6-15;1-14-6-8-15(9-7-14)10-11-2-4-12(13)5-3-11/h2-14,20H,15-18,21H2,1H3,(H2,33,34,35,36);2-10,12H,1H3,(H,22,23);2-5H,6-10,13H2,1H3. The highest BCUT2D eigenvalue weighted by atomic mass is 32.2. The molecule has 82 heavy (non-hydrogen) atoms. The molecule has 0 radical (unpaired) electrons. The largest absolute Gasteiger partial charge is 0.457 e. The second-order valence-corrected chi connectivity index (χ2v) is 22.7. The molecule has 0 aliphatic carbocycles. The zero-order chi connectivity index (χ0) is 56.6. The van der Waals surface area contributed by atoms with Gasteiger partial charge in [0.25, 0.3) is 0 Å². The number of nitrogens with zero attached hydrogens (tertiary/aromatic N) is 10. The number of thioether (sulfide) groups is 1. The van der Waals surface area contributed by atoms with Crippen molar-refractivity contribution in [2.75, 3.05) is 94.4 Å². The Morgan fingerprint density at radius 3 is 1.37 bits per heavy atom. The molecular weight excluding hydrogens is 1080 g/mol. The summed E-state index contributed by atoms with van der Waals surface area (Å²) < 4.78 is 14.3. The van der Waals surface area contributed by atoms with E-state index in [1.54, 1.807) is 24.2 Å². The first-order chi connectivity index (χ1) is 40.1. The van der Waals surface area contributed by atoms with E-state index in [4.69, 9.17) is 15.2 Å². The van der Waals surface area contributed by atoms with Gasteiger partial charge in [0.2, 0.25) is 0 Å². The van der Waals surface area contributed by atoms with Crippen LogP contribution < -0.4 is 31.2 Å². The number of likely N-dealkylation sites (N-methyl/N-ethyl adjacent to an activating group) is 2. The molecule has 4 aromatic heterocycles. The molecule has 0 unspecified atom stereocenters. The normalized spacial score (nSPS) is 13.9. The molecule has 12 rings (SSSR count). The van der Waals surface area contributed by atoms with Gasteiger partial charge in [-0.1, -0.05) is 83.8 Å². The van der Waals surface area contributed by atoms with Gasteiger partial charge in [-0.25, -0.2) is 15.0 Å². The van der Waals surface area contributed by atoms with Crippen LogP contribution >= 0.6 is 34.4 Å². The molecule has 6 heterocycles. The highest BCUT2D eigenvalue weighted by molar-refractivity contribution is 8.00. The molecule has 414 valence electrons. The fraction of sp³-hybridized carbons (Fsp3) is 0.206. The van der Waals surface area contributed by atoms with Crippen molar-refractivity contribution in [1.29, 1.82) is 10.5 Å². The zero-order valence-corrected chi connectivity index (χ0v) is 48.3. The van der Waals surface area contributed by atoms with Crippen molar-refractivity contribution in [3.05, 3.63) is 192 Å². The maximum Gasteiger partial charge on any atom is 0.189 e. The quantitative estimate of drug-likeness (QED) is 0.0559. The first kappa shape index (κ1) is 56.6. The lowest BCUT2D eigenvalue weighted by molar-refractivity contribution is 0.148. The Kier molecular flexibility index (Phi) is 19.1. The number of hydrogen-bond donors (Lipinski definition) is 4. The van der Waals surface area contributed by atoms with Gasteiger partial charge in [0, 0.05) is 101 Å². The minimum atomic E-state index is 0.459. The van der Waals surface area contributed by atoms with Crippen LogP contribution in [0.4, 0.5) is 39.3 Å². The van der Waals surface area contributed by atoms with Crippen LogP contribution in [0.1, 0.15) is 22.3 Å². The Morgan fingerprint density at radius 1 is 0.512 bits per heavy atom. The lowest BCUT2D eigenvalue weighted by Gasteiger charge is -2.32. The van der Waals surface area contributed by atoms with E-state index in [9.17, 15) is 10.5 Å². The number of nitrogens with two attached hydrogens (primary N) is 1. The molecule has 0 spiro atoms. The number of hydrogen-bond acceptors (Lipinski definition) is 19.